The molecule has 9 heteroatoms. The summed E-state index contributed by atoms with van der Waals surface area (Å²) in [5.41, 5.74) is 0.547. The molecule has 24 heavy (non-hydrogen) atoms. The molecule has 0 aliphatic carbocycles. The van der Waals surface area contributed by atoms with E-state index in [2.05, 4.69) is 20.3 Å². The minimum atomic E-state index is -4.36. The molecule has 0 amide bonds. The number of halogens is 3. The molecule has 122 valence electrons. The Labute approximate surface area is 139 Å². The van der Waals surface area contributed by atoms with Crippen molar-refractivity contribution in [2.45, 2.75) is 6.18 Å². The molecule has 0 spiro atoms. The minimum Gasteiger partial charge on any atom is -0.265 e. The number of hydrogen-bond donors (Lipinski definition) is 1. The van der Waals surface area contributed by atoms with E-state index in [1.165, 1.54) is 23.0 Å². The number of aromatic nitrogens is 4. The number of aromatic amines is 1. The first-order chi connectivity index (χ1) is 11.4. The summed E-state index contributed by atoms with van der Waals surface area (Å²) in [6.07, 6.45) is 0.265. The fourth-order valence-electron chi connectivity index (χ4n) is 1.97. The third kappa shape index (κ3) is 3.40. The Morgan fingerprint density at radius 1 is 1.08 bits per heavy atom. The van der Waals surface area contributed by atoms with Gasteiger partial charge in [-0.1, -0.05) is 12.1 Å². The van der Waals surface area contributed by atoms with E-state index in [0.717, 1.165) is 17.7 Å². The lowest BCUT2D eigenvalue weighted by Crippen LogP contribution is -2.04. The van der Waals surface area contributed by atoms with E-state index in [4.69, 9.17) is 12.2 Å². The molecule has 0 fully saturated rings. The first-order valence-corrected chi connectivity index (χ1v) is 7.15. The number of nitrogens with one attached hydrogen (secondary N) is 1. The molecule has 5 nitrogen and oxygen atoms in total. The van der Waals surface area contributed by atoms with Crippen molar-refractivity contribution in [3.63, 3.8) is 0 Å². The van der Waals surface area contributed by atoms with Gasteiger partial charge in [0, 0.05) is 18.0 Å². The van der Waals surface area contributed by atoms with E-state index in [1.54, 1.807) is 24.5 Å². The fourth-order valence-corrected chi connectivity index (χ4v) is 2.15. The molecule has 0 saturated carbocycles. The maximum absolute atomic E-state index is 12.6. The zero-order valence-corrected chi connectivity index (χ0v) is 12.8. The van der Waals surface area contributed by atoms with Gasteiger partial charge in [0.1, 0.15) is 0 Å². The van der Waals surface area contributed by atoms with Gasteiger partial charge in [-0.15, -0.1) is 0 Å². The van der Waals surface area contributed by atoms with Crippen LogP contribution in [-0.2, 0) is 6.18 Å². The van der Waals surface area contributed by atoms with Crippen molar-refractivity contribution in [1.82, 2.24) is 19.9 Å². The van der Waals surface area contributed by atoms with Crippen LogP contribution in [0, 0.1) is 4.77 Å². The van der Waals surface area contributed by atoms with Crippen LogP contribution >= 0.6 is 12.2 Å². The summed E-state index contributed by atoms with van der Waals surface area (Å²) in [7, 11) is 0. The lowest BCUT2D eigenvalue weighted by Gasteiger charge is -2.05. The number of H-pyrrole nitrogens is 1. The van der Waals surface area contributed by atoms with Gasteiger partial charge in [0.15, 0.2) is 5.82 Å². The Morgan fingerprint density at radius 3 is 2.38 bits per heavy atom. The fraction of sp³-hybridized carbons (Fsp3) is 0.0667. The molecular weight excluding hydrogens is 339 g/mol. The zero-order valence-electron chi connectivity index (χ0n) is 12.0. The first kappa shape index (κ1) is 16.1. The third-order valence-corrected chi connectivity index (χ3v) is 3.41. The van der Waals surface area contributed by atoms with Crippen LogP contribution in [0.25, 0.3) is 11.4 Å². The Hall–Kier alpha value is -2.81. The van der Waals surface area contributed by atoms with Gasteiger partial charge in [-0.3, -0.25) is 4.98 Å². The number of nitrogens with zero attached hydrogens (tertiary/aromatic N) is 4. The van der Waals surface area contributed by atoms with E-state index in [-0.39, 0.29) is 4.77 Å². The maximum atomic E-state index is 12.6. The molecule has 0 bridgehead atoms. The minimum absolute atomic E-state index is 0.268. The molecule has 0 aliphatic rings. The lowest BCUT2D eigenvalue weighted by molar-refractivity contribution is -0.137. The molecular formula is C15H10F3N5S. The van der Waals surface area contributed by atoms with Crippen LogP contribution in [0.3, 0.4) is 0 Å². The predicted molar refractivity (Wildman–Crippen MR) is 85.1 cm³/mol. The summed E-state index contributed by atoms with van der Waals surface area (Å²) in [5, 5.41) is 10.9. The molecule has 0 aliphatic heterocycles. The maximum Gasteiger partial charge on any atom is 0.416 e. The van der Waals surface area contributed by atoms with Gasteiger partial charge in [0.05, 0.1) is 11.8 Å². The number of pyridine rings is 1. The van der Waals surface area contributed by atoms with Crippen molar-refractivity contribution in [3.8, 4) is 11.4 Å². The molecule has 0 atom stereocenters. The second-order valence-corrected chi connectivity index (χ2v) is 5.15. The van der Waals surface area contributed by atoms with Gasteiger partial charge in [-0.05, 0) is 42.0 Å². The van der Waals surface area contributed by atoms with E-state index in [9.17, 15) is 13.2 Å². The SMILES string of the molecule is FC(F)(F)c1ccc(C=Nn2c(-c3ccncc3)n[nH]c2=S)cc1. The topological polar surface area (TPSA) is 58.9 Å². The van der Waals surface area contributed by atoms with Crippen molar-refractivity contribution >= 4 is 18.4 Å². The van der Waals surface area contributed by atoms with E-state index in [0.29, 0.717) is 11.4 Å². The summed E-state index contributed by atoms with van der Waals surface area (Å²) < 4.78 is 39.3. The second kappa shape index (κ2) is 6.36. The molecule has 3 rings (SSSR count). The second-order valence-electron chi connectivity index (χ2n) is 4.76. The molecule has 2 heterocycles. The summed E-state index contributed by atoms with van der Waals surface area (Å²) in [6, 6.07) is 8.16. The summed E-state index contributed by atoms with van der Waals surface area (Å²) >= 11 is 5.12. The van der Waals surface area contributed by atoms with Crippen LogP contribution in [0.15, 0.2) is 53.9 Å². The molecule has 1 aromatic carbocycles. The van der Waals surface area contributed by atoms with Crippen molar-refractivity contribution in [1.29, 1.82) is 0 Å². The van der Waals surface area contributed by atoms with Gasteiger partial charge in [-0.2, -0.15) is 28.0 Å². The van der Waals surface area contributed by atoms with Crippen molar-refractivity contribution < 1.29 is 13.2 Å². The van der Waals surface area contributed by atoms with Crippen molar-refractivity contribution in [2.75, 3.05) is 0 Å². The van der Waals surface area contributed by atoms with Gasteiger partial charge < -0.3 is 0 Å². The van der Waals surface area contributed by atoms with Gasteiger partial charge in [0.2, 0.25) is 4.77 Å². The normalized spacial score (nSPS) is 12.0. The molecule has 0 saturated heterocycles. The summed E-state index contributed by atoms with van der Waals surface area (Å²) in [6.45, 7) is 0. The largest absolute Gasteiger partial charge is 0.416 e. The monoisotopic (exact) mass is 349 g/mol. The molecule has 0 radical (unpaired) electrons. The molecule has 0 unspecified atom stereocenters. The predicted octanol–water partition coefficient (Wildman–Crippen LogP) is 3.90. The van der Waals surface area contributed by atoms with Crippen LogP contribution in [0.1, 0.15) is 11.1 Å². The van der Waals surface area contributed by atoms with Gasteiger partial charge >= 0.3 is 6.18 Å². The molecule has 1 N–H and O–H groups in total. The number of alkyl halides is 3. The zero-order chi connectivity index (χ0) is 17.2. The number of rotatable bonds is 3. The van der Waals surface area contributed by atoms with Crippen LogP contribution in [-0.4, -0.2) is 26.1 Å². The highest BCUT2D eigenvalue weighted by Crippen LogP contribution is 2.28. The van der Waals surface area contributed by atoms with Gasteiger partial charge in [-0.25, -0.2) is 5.10 Å². The lowest BCUT2D eigenvalue weighted by atomic mass is 10.1. The Kier molecular flexibility index (Phi) is 4.26. The Balaban J connectivity index is 1.91. The van der Waals surface area contributed by atoms with Crippen LogP contribution in [0.5, 0.6) is 0 Å². The average Bonchev–Trinajstić information content (AvgIpc) is 2.94. The van der Waals surface area contributed by atoms with Gasteiger partial charge in [0.25, 0.3) is 0 Å². The van der Waals surface area contributed by atoms with Crippen molar-refractivity contribution in [3.05, 3.63) is 64.7 Å². The third-order valence-electron chi connectivity index (χ3n) is 3.15. The highest BCUT2D eigenvalue weighted by molar-refractivity contribution is 7.71. The van der Waals surface area contributed by atoms with E-state index < -0.39 is 11.7 Å². The Bertz CT molecular complexity index is 911. The standard InChI is InChI=1S/C15H10F3N5S/c16-15(17,18)12-3-1-10(2-4-12)9-20-23-13(21-22-14(23)24)11-5-7-19-8-6-11/h1-9H,(H,22,24). The summed E-state index contributed by atoms with van der Waals surface area (Å²) in [4.78, 5) is 3.93. The summed E-state index contributed by atoms with van der Waals surface area (Å²) in [5.74, 6) is 0.477. The first-order valence-electron chi connectivity index (χ1n) is 6.74. The average molecular weight is 349 g/mol. The molecule has 2 aromatic heterocycles. The Morgan fingerprint density at radius 2 is 1.75 bits per heavy atom. The molecule has 3 aromatic rings. The van der Waals surface area contributed by atoms with E-state index in [1.807, 2.05) is 0 Å². The van der Waals surface area contributed by atoms with Crippen molar-refractivity contribution in [2.24, 2.45) is 5.10 Å². The van der Waals surface area contributed by atoms with Crippen LogP contribution in [0.4, 0.5) is 13.2 Å². The smallest absolute Gasteiger partial charge is 0.265 e. The highest BCUT2D eigenvalue weighted by atomic mass is 32.1. The number of benzene rings is 1. The van der Waals surface area contributed by atoms with Crippen LogP contribution < -0.4 is 0 Å². The highest BCUT2D eigenvalue weighted by Gasteiger charge is 2.29. The van der Waals surface area contributed by atoms with E-state index >= 15 is 0 Å². The van der Waals surface area contributed by atoms with Crippen LogP contribution in [0.2, 0.25) is 0 Å². The number of hydrogen-bond acceptors (Lipinski definition) is 4. The quantitative estimate of drug-likeness (QED) is 0.576.